The molecular formula is C30H25N3O5. The number of methoxy groups -OCH3 is 2. The fraction of sp³-hybridized carbons (Fsp3) is 0.167. The molecule has 1 amide bonds. The third-order valence-electron chi connectivity index (χ3n) is 6.86. The van der Waals surface area contributed by atoms with Crippen LogP contribution in [0.4, 0.5) is 0 Å². The first kappa shape index (κ1) is 23.5. The number of hydrogen-bond acceptors (Lipinski definition) is 6. The Morgan fingerprint density at radius 3 is 2.50 bits per heavy atom. The molecule has 0 aliphatic rings. The van der Waals surface area contributed by atoms with Gasteiger partial charge in [-0.25, -0.2) is 0 Å². The number of carbonyl (C=O) groups is 1. The molecule has 3 aromatic heterocycles. The maximum Gasteiger partial charge on any atom is 0.263 e. The molecule has 0 fully saturated rings. The zero-order valence-electron chi connectivity index (χ0n) is 21.1. The summed E-state index contributed by atoms with van der Waals surface area (Å²) < 4.78 is 18.3. The Morgan fingerprint density at radius 1 is 0.921 bits per heavy atom. The van der Waals surface area contributed by atoms with Gasteiger partial charge in [0.1, 0.15) is 5.75 Å². The number of ether oxygens (including phenoxy) is 3. The summed E-state index contributed by atoms with van der Waals surface area (Å²) >= 11 is 0. The van der Waals surface area contributed by atoms with Crippen LogP contribution in [0.25, 0.3) is 38.1 Å². The first-order valence-electron chi connectivity index (χ1n) is 12.2. The SMILES string of the molecule is COc1ccc(CNC(=O)[C@@H](C)Oc2ccc3c(c2)c2ccnc4c5ccccc5c(=O)n3c24)cc1OC. The third kappa shape index (κ3) is 3.73. The molecule has 0 aliphatic carbocycles. The summed E-state index contributed by atoms with van der Waals surface area (Å²) in [5.41, 5.74) is 3.12. The van der Waals surface area contributed by atoms with Crippen LogP contribution in [0, 0.1) is 0 Å². The van der Waals surface area contributed by atoms with Crippen molar-refractivity contribution in [3.8, 4) is 17.2 Å². The normalized spacial score (nSPS) is 12.3. The van der Waals surface area contributed by atoms with Crippen LogP contribution in [0.5, 0.6) is 17.2 Å². The van der Waals surface area contributed by atoms with Crippen LogP contribution < -0.4 is 25.1 Å². The lowest BCUT2D eigenvalue weighted by Gasteiger charge is -2.15. The molecule has 0 spiro atoms. The third-order valence-corrected chi connectivity index (χ3v) is 6.86. The topological polar surface area (TPSA) is 91.2 Å². The Bertz CT molecular complexity index is 1900. The van der Waals surface area contributed by atoms with Crippen molar-refractivity contribution in [1.29, 1.82) is 0 Å². The van der Waals surface area contributed by atoms with E-state index < -0.39 is 6.10 Å². The molecule has 1 N–H and O–H groups in total. The molecule has 6 rings (SSSR count). The maximum absolute atomic E-state index is 13.4. The van der Waals surface area contributed by atoms with E-state index in [0.717, 1.165) is 38.3 Å². The van der Waals surface area contributed by atoms with Crippen LogP contribution in [0.2, 0.25) is 0 Å². The second-order valence-corrected chi connectivity index (χ2v) is 9.09. The Kier molecular flexibility index (Phi) is 5.72. The number of nitrogens with one attached hydrogen (secondary N) is 1. The Balaban J connectivity index is 1.29. The summed E-state index contributed by atoms with van der Waals surface area (Å²) in [6.07, 6.45) is 1.02. The number of pyridine rings is 2. The molecule has 0 aliphatic heterocycles. The number of nitrogens with zero attached hydrogens (tertiary/aromatic N) is 2. The summed E-state index contributed by atoms with van der Waals surface area (Å²) in [4.78, 5) is 30.8. The molecule has 0 bridgehead atoms. The van der Waals surface area contributed by atoms with Gasteiger partial charge in [0, 0.05) is 34.3 Å². The summed E-state index contributed by atoms with van der Waals surface area (Å²) in [6.45, 7) is 2.02. The van der Waals surface area contributed by atoms with Crippen LogP contribution in [0.15, 0.2) is 77.7 Å². The van der Waals surface area contributed by atoms with Gasteiger partial charge in [-0.15, -0.1) is 0 Å². The molecule has 0 saturated heterocycles. The molecule has 0 radical (unpaired) electrons. The molecule has 0 saturated carbocycles. The second kappa shape index (κ2) is 9.23. The van der Waals surface area contributed by atoms with E-state index >= 15 is 0 Å². The van der Waals surface area contributed by atoms with Gasteiger partial charge in [0.15, 0.2) is 17.6 Å². The molecule has 8 nitrogen and oxygen atoms in total. The van der Waals surface area contributed by atoms with Gasteiger partial charge in [-0.2, -0.15) is 0 Å². The van der Waals surface area contributed by atoms with Crippen molar-refractivity contribution in [3.05, 3.63) is 88.8 Å². The summed E-state index contributed by atoms with van der Waals surface area (Å²) in [7, 11) is 3.15. The monoisotopic (exact) mass is 507 g/mol. The van der Waals surface area contributed by atoms with Gasteiger partial charge >= 0.3 is 0 Å². The van der Waals surface area contributed by atoms with Crippen molar-refractivity contribution >= 4 is 44.0 Å². The molecule has 6 aromatic rings. The molecule has 3 aromatic carbocycles. The number of benzene rings is 3. The maximum atomic E-state index is 13.4. The van der Waals surface area contributed by atoms with Gasteiger partial charge in [0.25, 0.3) is 11.5 Å². The number of amides is 1. The lowest BCUT2D eigenvalue weighted by molar-refractivity contribution is -0.127. The van der Waals surface area contributed by atoms with Gasteiger partial charge in [-0.1, -0.05) is 24.3 Å². The molecule has 1 atom stereocenters. The molecule has 0 unspecified atom stereocenters. The lowest BCUT2D eigenvalue weighted by atomic mass is 10.1. The zero-order chi connectivity index (χ0) is 26.4. The molecule has 3 heterocycles. The van der Waals surface area contributed by atoms with Gasteiger partial charge in [0.2, 0.25) is 0 Å². The van der Waals surface area contributed by atoms with Crippen LogP contribution >= 0.6 is 0 Å². The second-order valence-electron chi connectivity index (χ2n) is 9.09. The summed E-state index contributed by atoms with van der Waals surface area (Å²) in [6, 6.07) is 20.4. The fourth-order valence-electron chi connectivity index (χ4n) is 5.00. The van der Waals surface area contributed by atoms with E-state index in [1.54, 1.807) is 43.9 Å². The number of hydrogen-bond donors (Lipinski definition) is 1. The van der Waals surface area contributed by atoms with E-state index in [9.17, 15) is 9.59 Å². The van der Waals surface area contributed by atoms with Crippen molar-refractivity contribution in [2.75, 3.05) is 14.2 Å². The van der Waals surface area contributed by atoms with Crippen LogP contribution in [-0.2, 0) is 11.3 Å². The quantitative estimate of drug-likeness (QED) is 0.315. The first-order chi connectivity index (χ1) is 18.5. The predicted molar refractivity (Wildman–Crippen MR) is 147 cm³/mol. The first-order valence-corrected chi connectivity index (χ1v) is 12.2. The highest BCUT2D eigenvalue weighted by Crippen LogP contribution is 2.34. The van der Waals surface area contributed by atoms with Crippen molar-refractivity contribution in [3.63, 3.8) is 0 Å². The van der Waals surface area contributed by atoms with Gasteiger partial charge in [0.05, 0.1) is 30.8 Å². The van der Waals surface area contributed by atoms with Crippen molar-refractivity contribution in [2.45, 2.75) is 19.6 Å². The van der Waals surface area contributed by atoms with E-state index in [1.807, 2.05) is 54.6 Å². The fourth-order valence-corrected chi connectivity index (χ4v) is 5.00. The summed E-state index contributed by atoms with van der Waals surface area (Å²) in [5, 5.41) is 6.12. The average molecular weight is 508 g/mol. The smallest absolute Gasteiger partial charge is 0.263 e. The van der Waals surface area contributed by atoms with Gasteiger partial charge < -0.3 is 19.5 Å². The van der Waals surface area contributed by atoms with Crippen LogP contribution in [0.1, 0.15) is 12.5 Å². The average Bonchev–Trinajstić information content (AvgIpc) is 3.29. The lowest BCUT2D eigenvalue weighted by Crippen LogP contribution is -2.35. The minimum Gasteiger partial charge on any atom is -0.493 e. The Hall–Kier alpha value is -4.85. The number of fused-ring (bicyclic) bond motifs is 5. The standard InChI is InChI=1S/C30H25N3O5/c1-17(29(34)32-16-18-8-11-25(36-2)26(14-18)37-3)38-19-9-10-24-23(15-19)21-12-13-31-27-20-6-4-5-7-22(20)30(35)33(24)28(21)27/h4-15,17H,16H2,1-3H3,(H,32,34)/t17-/m1/s1. The van der Waals surface area contributed by atoms with Crippen LogP contribution in [-0.4, -0.2) is 35.6 Å². The number of rotatable bonds is 7. The highest BCUT2D eigenvalue weighted by atomic mass is 16.5. The van der Waals surface area contributed by atoms with Crippen molar-refractivity contribution in [2.24, 2.45) is 0 Å². The van der Waals surface area contributed by atoms with Crippen LogP contribution in [0.3, 0.4) is 0 Å². The van der Waals surface area contributed by atoms with E-state index in [2.05, 4.69) is 10.3 Å². The molecular weight excluding hydrogens is 482 g/mol. The summed E-state index contributed by atoms with van der Waals surface area (Å²) in [5.74, 6) is 1.50. The largest absolute Gasteiger partial charge is 0.493 e. The number of aromatic nitrogens is 2. The van der Waals surface area contributed by atoms with E-state index in [4.69, 9.17) is 14.2 Å². The van der Waals surface area contributed by atoms with Crippen molar-refractivity contribution in [1.82, 2.24) is 14.7 Å². The Labute approximate surface area is 217 Å². The minimum atomic E-state index is -0.736. The predicted octanol–water partition coefficient (Wildman–Crippen LogP) is 4.69. The van der Waals surface area contributed by atoms with Gasteiger partial charge in [-0.05, 0) is 55.0 Å². The van der Waals surface area contributed by atoms with Crippen molar-refractivity contribution < 1.29 is 19.0 Å². The highest BCUT2D eigenvalue weighted by Gasteiger charge is 2.20. The Morgan fingerprint density at radius 2 is 1.71 bits per heavy atom. The van der Waals surface area contributed by atoms with E-state index in [1.165, 1.54) is 0 Å². The highest BCUT2D eigenvalue weighted by molar-refractivity contribution is 6.18. The molecule has 8 heteroatoms. The van der Waals surface area contributed by atoms with E-state index in [0.29, 0.717) is 29.2 Å². The van der Waals surface area contributed by atoms with Gasteiger partial charge in [-0.3, -0.25) is 19.0 Å². The van der Waals surface area contributed by atoms with E-state index in [-0.39, 0.29) is 11.5 Å². The number of carbonyl (C=O) groups excluding carboxylic acids is 1. The zero-order valence-corrected chi connectivity index (χ0v) is 21.1. The minimum absolute atomic E-state index is 0.0855. The molecule has 190 valence electrons. The molecule has 38 heavy (non-hydrogen) atoms.